The summed E-state index contributed by atoms with van der Waals surface area (Å²) in [7, 11) is 0. The molecule has 0 radical (unpaired) electrons. The van der Waals surface area contributed by atoms with Gasteiger partial charge in [0.2, 0.25) is 0 Å². The monoisotopic (exact) mass is 208 g/mol. The van der Waals surface area contributed by atoms with E-state index in [-0.39, 0.29) is 6.10 Å². The van der Waals surface area contributed by atoms with Crippen molar-refractivity contribution in [3.8, 4) is 0 Å². The van der Waals surface area contributed by atoms with E-state index >= 15 is 0 Å². The van der Waals surface area contributed by atoms with Crippen LogP contribution in [-0.4, -0.2) is 5.11 Å². The van der Waals surface area contributed by atoms with Crippen molar-refractivity contribution in [3.05, 3.63) is 34.0 Å². The summed E-state index contributed by atoms with van der Waals surface area (Å²) in [6, 6.07) is 2.09. The van der Waals surface area contributed by atoms with E-state index < -0.39 is 0 Å². The van der Waals surface area contributed by atoms with Crippen molar-refractivity contribution in [2.24, 2.45) is 5.92 Å². The highest BCUT2D eigenvalue weighted by Crippen LogP contribution is 2.35. The summed E-state index contributed by atoms with van der Waals surface area (Å²) in [6.07, 6.45) is 7.42. The molecule has 1 nitrogen and oxygen atoms in total. The molecule has 1 aliphatic carbocycles. The molecule has 0 bridgehead atoms. The number of aliphatic hydroxyl groups is 1. The van der Waals surface area contributed by atoms with Crippen molar-refractivity contribution in [3.63, 3.8) is 0 Å². The van der Waals surface area contributed by atoms with E-state index in [2.05, 4.69) is 30.5 Å². The number of hydrogen-bond donors (Lipinski definition) is 1. The van der Waals surface area contributed by atoms with Gasteiger partial charge in [-0.1, -0.05) is 12.2 Å². The zero-order valence-corrected chi connectivity index (χ0v) is 9.26. The number of aryl methyl sites for hydroxylation is 1. The normalized spacial score (nSPS) is 23.7. The van der Waals surface area contributed by atoms with Crippen LogP contribution in [0.3, 0.4) is 0 Å². The predicted molar refractivity (Wildman–Crippen MR) is 60.5 cm³/mol. The van der Waals surface area contributed by atoms with E-state index in [9.17, 15) is 5.11 Å². The van der Waals surface area contributed by atoms with E-state index in [0.29, 0.717) is 5.92 Å². The maximum Gasteiger partial charge on any atom is 0.0915 e. The zero-order chi connectivity index (χ0) is 9.97. The molecule has 0 fully saturated rings. The first-order valence-corrected chi connectivity index (χ1v) is 6.04. The minimum Gasteiger partial charge on any atom is -0.387 e. The molecule has 1 aliphatic rings. The molecule has 2 heteroatoms. The van der Waals surface area contributed by atoms with E-state index in [1.807, 2.05) is 0 Å². The van der Waals surface area contributed by atoms with Crippen LogP contribution in [0.4, 0.5) is 0 Å². The van der Waals surface area contributed by atoms with Crippen LogP contribution in [0.25, 0.3) is 0 Å². The van der Waals surface area contributed by atoms with Gasteiger partial charge in [0.1, 0.15) is 0 Å². The lowest BCUT2D eigenvalue weighted by molar-refractivity contribution is 0.105. The molecule has 0 aliphatic heterocycles. The maximum absolute atomic E-state index is 10.2. The molecule has 76 valence electrons. The largest absolute Gasteiger partial charge is 0.387 e. The highest BCUT2D eigenvalue weighted by Gasteiger charge is 2.22. The summed E-state index contributed by atoms with van der Waals surface area (Å²) in [4.78, 5) is 1.16. The molecule has 1 N–H and O–H groups in total. The third kappa shape index (κ3) is 1.91. The molecule has 1 aromatic heterocycles. The molecule has 2 rings (SSSR count). The average molecular weight is 208 g/mol. The molecular weight excluding hydrogens is 192 g/mol. The van der Waals surface area contributed by atoms with Crippen molar-refractivity contribution < 1.29 is 5.11 Å². The van der Waals surface area contributed by atoms with Gasteiger partial charge in [-0.05, 0) is 49.1 Å². The lowest BCUT2D eigenvalue weighted by atomic mass is 9.88. The summed E-state index contributed by atoms with van der Waals surface area (Å²) >= 11 is 1.68. The second kappa shape index (κ2) is 4.28. The van der Waals surface area contributed by atoms with Gasteiger partial charge in [-0.3, -0.25) is 0 Å². The lowest BCUT2D eigenvalue weighted by Gasteiger charge is -2.23. The Hall–Kier alpha value is -0.600. The van der Waals surface area contributed by atoms with Crippen molar-refractivity contribution in [2.45, 2.75) is 32.3 Å². The van der Waals surface area contributed by atoms with Gasteiger partial charge in [-0.2, -0.15) is 0 Å². The Kier molecular flexibility index (Phi) is 3.04. The Morgan fingerprint density at radius 2 is 2.36 bits per heavy atom. The van der Waals surface area contributed by atoms with Crippen molar-refractivity contribution in [2.75, 3.05) is 0 Å². The molecule has 14 heavy (non-hydrogen) atoms. The average Bonchev–Trinajstić information content (AvgIpc) is 2.65. The molecule has 1 heterocycles. The van der Waals surface area contributed by atoms with E-state index in [1.54, 1.807) is 11.3 Å². The van der Waals surface area contributed by atoms with Gasteiger partial charge in [0.15, 0.2) is 0 Å². The number of thiophene rings is 1. The standard InChI is InChI=1S/C12H16OS/c1-9-7-8-14-12(9)11(13)10-5-3-2-4-6-10/h2-3,7-8,10-11,13H,4-6H2,1H3. The number of hydrogen-bond acceptors (Lipinski definition) is 2. The first-order chi connectivity index (χ1) is 6.79. The summed E-state index contributed by atoms with van der Waals surface area (Å²) in [6.45, 7) is 2.08. The van der Waals surface area contributed by atoms with Crippen LogP contribution in [-0.2, 0) is 0 Å². The summed E-state index contributed by atoms with van der Waals surface area (Å²) in [5.74, 6) is 0.428. The fourth-order valence-electron chi connectivity index (χ4n) is 2.01. The summed E-state index contributed by atoms with van der Waals surface area (Å²) in [5, 5.41) is 12.3. The molecule has 0 aromatic carbocycles. The maximum atomic E-state index is 10.2. The molecule has 0 amide bonds. The van der Waals surface area contributed by atoms with E-state index in [4.69, 9.17) is 0 Å². The van der Waals surface area contributed by atoms with E-state index in [1.165, 1.54) is 5.56 Å². The van der Waals surface area contributed by atoms with Gasteiger partial charge in [0.25, 0.3) is 0 Å². The van der Waals surface area contributed by atoms with Crippen LogP contribution in [0.2, 0.25) is 0 Å². The van der Waals surface area contributed by atoms with Crippen molar-refractivity contribution in [1.29, 1.82) is 0 Å². The van der Waals surface area contributed by atoms with Crippen molar-refractivity contribution >= 4 is 11.3 Å². The van der Waals surface area contributed by atoms with Crippen LogP contribution in [0.15, 0.2) is 23.6 Å². The Labute approximate surface area is 89.1 Å². The predicted octanol–water partition coefficient (Wildman–Crippen LogP) is 3.45. The molecular formula is C12H16OS. The first-order valence-electron chi connectivity index (χ1n) is 5.16. The van der Waals surface area contributed by atoms with Crippen LogP contribution in [0, 0.1) is 12.8 Å². The minimum absolute atomic E-state index is 0.250. The number of allylic oxidation sites excluding steroid dienone is 2. The molecule has 0 saturated heterocycles. The van der Waals surface area contributed by atoms with Gasteiger partial charge in [-0.15, -0.1) is 11.3 Å². The molecule has 2 unspecified atom stereocenters. The van der Waals surface area contributed by atoms with Crippen LogP contribution in [0.1, 0.15) is 35.8 Å². The number of aliphatic hydroxyl groups excluding tert-OH is 1. The van der Waals surface area contributed by atoms with Gasteiger partial charge in [0, 0.05) is 4.88 Å². The third-order valence-corrected chi connectivity index (χ3v) is 4.02. The fraction of sp³-hybridized carbons (Fsp3) is 0.500. The van der Waals surface area contributed by atoms with Crippen LogP contribution >= 0.6 is 11.3 Å². The molecule has 0 saturated carbocycles. The lowest BCUT2D eigenvalue weighted by Crippen LogP contribution is -2.13. The summed E-state index contributed by atoms with van der Waals surface area (Å²) in [5.41, 5.74) is 1.23. The van der Waals surface area contributed by atoms with Crippen molar-refractivity contribution in [1.82, 2.24) is 0 Å². The highest BCUT2D eigenvalue weighted by atomic mass is 32.1. The number of rotatable bonds is 2. The molecule has 2 atom stereocenters. The Morgan fingerprint density at radius 1 is 1.50 bits per heavy atom. The second-order valence-corrected chi connectivity index (χ2v) is 4.90. The minimum atomic E-state index is -0.250. The Bertz CT molecular complexity index is 327. The quantitative estimate of drug-likeness (QED) is 0.738. The molecule has 1 aromatic rings. The smallest absolute Gasteiger partial charge is 0.0915 e. The SMILES string of the molecule is Cc1ccsc1C(O)C1CC=CCC1. The Morgan fingerprint density at radius 3 is 2.93 bits per heavy atom. The van der Waals surface area contributed by atoms with Gasteiger partial charge >= 0.3 is 0 Å². The zero-order valence-electron chi connectivity index (χ0n) is 8.44. The summed E-state index contributed by atoms with van der Waals surface area (Å²) < 4.78 is 0. The van der Waals surface area contributed by atoms with Crippen LogP contribution in [0.5, 0.6) is 0 Å². The van der Waals surface area contributed by atoms with E-state index in [0.717, 1.165) is 24.1 Å². The fourth-order valence-corrected chi connectivity index (χ4v) is 3.01. The second-order valence-electron chi connectivity index (χ2n) is 3.96. The van der Waals surface area contributed by atoms with Gasteiger partial charge in [-0.25, -0.2) is 0 Å². The van der Waals surface area contributed by atoms with Gasteiger partial charge < -0.3 is 5.11 Å². The topological polar surface area (TPSA) is 20.2 Å². The highest BCUT2D eigenvalue weighted by molar-refractivity contribution is 7.10. The Balaban J connectivity index is 2.11. The van der Waals surface area contributed by atoms with Crippen LogP contribution < -0.4 is 0 Å². The first kappa shape index (κ1) is 9.94. The van der Waals surface area contributed by atoms with Gasteiger partial charge in [0.05, 0.1) is 6.10 Å². The molecule has 0 spiro atoms. The third-order valence-electron chi connectivity index (χ3n) is 2.93.